The van der Waals surface area contributed by atoms with Crippen LogP contribution < -0.4 is 5.69 Å². The minimum absolute atomic E-state index is 0.245. The van der Waals surface area contributed by atoms with Gasteiger partial charge in [0.2, 0.25) is 0 Å². The van der Waals surface area contributed by atoms with Crippen LogP contribution in [0, 0.1) is 0 Å². The molecule has 0 aliphatic heterocycles. The highest BCUT2D eigenvalue weighted by atomic mass is 16.1. The SMILES string of the molecule is O=c1ncccn1Cc1cccc2cccnc12. The van der Waals surface area contributed by atoms with Gasteiger partial charge in [0.25, 0.3) is 0 Å². The summed E-state index contributed by atoms with van der Waals surface area (Å²) in [4.78, 5) is 19.7. The summed E-state index contributed by atoms with van der Waals surface area (Å²) in [6.45, 7) is 0.487. The number of fused-ring (bicyclic) bond motifs is 1. The van der Waals surface area contributed by atoms with Crippen LogP contribution in [-0.2, 0) is 6.54 Å². The van der Waals surface area contributed by atoms with Crippen molar-refractivity contribution >= 4 is 10.9 Å². The molecule has 0 unspecified atom stereocenters. The van der Waals surface area contributed by atoms with E-state index >= 15 is 0 Å². The summed E-state index contributed by atoms with van der Waals surface area (Å²) < 4.78 is 1.57. The Labute approximate surface area is 104 Å². The van der Waals surface area contributed by atoms with Crippen molar-refractivity contribution in [3.05, 3.63) is 71.0 Å². The maximum Gasteiger partial charge on any atom is 0.347 e. The highest BCUT2D eigenvalue weighted by Crippen LogP contribution is 2.16. The van der Waals surface area contributed by atoms with E-state index in [9.17, 15) is 4.79 Å². The summed E-state index contributed by atoms with van der Waals surface area (Å²) in [6, 6.07) is 11.6. The van der Waals surface area contributed by atoms with E-state index in [1.54, 1.807) is 23.0 Å². The van der Waals surface area contributed by atoms with Crippen molar-refractivity contribution in [2.24, 2.45) is 0 Å². The summed E-state index contributed by atoms with van der Waals surface area (Å²) >= 11 is 0. The minimum atomic E-state index is -0.245. The third-order valence-corrected chi connectivity index (χ3v) is 2.84. The fraction of sp³-hybridized carbons (Fsp3) is 0.0714. The molecule has 88 valence electrons. The topological polar surface area (TPSA) is 47.8 Å². The Morgan fingerprint density at radius 3 is 2.72 bits per heavy atom. The van der Waals surface area contributed by atoms with Gasteiger partial charge in [-0.2, -0.15) is 0 Å². The Bertz CT molecular complexity index is 744. The smallest absolute Gasteiger partial charge is 0.295 e. The normalized spacial score (nSPS) is 10.7. The van der Waals surface area contributed by atoms with E-state index in [2.05, 4.69) is 9.97 Å². The fourth-order valence-electron chi connectivity index (χ4n) is 1.99. The zero-order valence-electron chi connectivity index (χ0n) is 9.65. The molecule has 4 heteroatoms. The molecule has 0 spiro atoms. The van der Waals surface area contributed by atoms with Crippen LogP contribution in [0.4, 0.5) is 0 Å². The molecular weight excluding hydrogens is 226 g/mol. The van der Waals surface area contributed by atoms with Gasteiger partial charge in [-0.1, -0.05) is 24.3 Å². The number of para-hydroxylation sites is 1. The number of nitrogens with zero attached hydrogens (tertiary/aromatic N) is 3. The van der Waals surface area contributed by atoms with Crippen molar-refractivity contribution in [1.82, 2.24) is 14.5 Å². The first-order valence-corrected chi connectivity index (χ1v) is 5.69. The molecule has 0 amide bonds. The Morgan fingerprint density at radius 2 is 1.83 bits per heavy atom. The lowest BCUT2D eigenvalue weighted by molar-refractivity contribution is 0.729. The van der Waals surface area contributed by atoms with Crippen LogP contribution in [0.1, 0.15) is 5.56 Å². The van der Waals surface area contributed by atoms with E-state index in [-0.39, 0.29) is 5.69 Å². The average Bonchev–Trinajstić information content (AvgIpc) is 2.42. The quantitative estimate of drug-likeness (QED) is 0.683. The Morgan fingerprint density at radius 1 is 1.00 bits per heavy atom. The molecule has 0 atom stereocenters. The molecule has 0 radical (unpaired) electrons. The van der Waals surface area contributed by atoms with Crippen LogP contribution in [0.5, 0.6) is 0 Å². The molecule has 1 aromatic carbocycles. The lowest BCUT2D eigenvalue weighted by Gasteiger charge is -2.07. The molecule has 2 aromatic heterocycles. The van der Waals surface area contributed by atoms with Crippen molar-refractivity contribution in [2.45, 2.75) is 6.54 Å². The molecule has 2 heterocycles. The number of benzene rings is 1. The fourth-order valence-corrected chi connectivity index (χ4v) is 1.99. The average molecular weight is 237 g/mol. The van der Waals surface area contributed by atoms with Gasteiger partial charge in [-0.25, -0.2) is 9.78 Å². The number of rotatable bonds is 2. The van der Waals surface area contributed by atoms with Crippen LogP contribution in [0.2, 0.25) is 0 Å². The van der Waals surface area contributed by atoms with Crippen molar-refractivity contribution in [3.8, 4) is 0 Å². The first kappa shape index (κ1) is 10.7. The third kappa shape index (κ3) is 1.88. The van der Waals surface area contributed by atoms with Crippen molar-refractivity contribution in [2.75, 3.05) is 0 Å². The van der Waals surface area contributed by atoms with E-state index in [1.807, 2.05) is 30.3 Å². The molecule has 0 aliphatic rings. The van der Waals surface area contributed by atoms with Gasteiger partial charge in [-0.15, -0.1) is 0 Å². The number of pyridine rings is 1. The van der Waals surface area contributed by atoms with Crippen LogP contribution in [0.15, 0.2) is 59.8 Å². The van der Waals surface area contributed by atoms with Crippen LogP contribution in [0.3, 0.4) is 0 Å². The summed E-state index contributed by atoms with van der Waals surface area (Å²) in [5.41, 5.74) is 1.70. The van der Waals surface area contributed by atoms with Gasteiger partial charge in [-0.3, -0.25) is 9.55 Å². The van der Waals surface area contributed by atoms with Gasteiger partial charge in [-0.05, 0) is 17.7 Å². The highest BCUT2D eigenvalue weighted by molar-refractivity contribution is 5.81. The van der Waals surface area contributed by atoms with Gasteiger partial charge in [0.05, 0.1) is 12.1 Å². The number of hydrogen-bond donors (Lipinski definition) is 0. The summed E-state index contributed by atoms with van der Waals surface area (Å²) in [7, 11) is 0. The molecule has 4 nitrogen and oxygen atoms in total. The van der Waals surface area contributed by atoms with Crippen molar-refractivity contribution in [1.29, 1.82) is 0 Å². The van der Waals surface area contributed by atoms with Gasteiger partial charge in [0, 0.05) is 24.0 Å². The van der Waals surface area contributed by atoms with Crippen LogP contribution in [0.25, 0.3) is 10.9 Å². The van der Waals surface area contributed by atoms with Gasteiger partial charge >= 0.3 is 5.69 Å². The molecule has 3 rings (SSSR count). The summed E-state index contributed by atoms with van der Waals surface area (Å²) in [5.74, 6) is 0. The molecule has 0 fully saturated rings. The van der Waals surface area contributed by atoms with E-state index in [1.165, 1.54) is 6.20 Å². The Balaban J connectivity index is 2.11. The van der Waals surface area contributed by atoms with Crippen LogP contribution in [-0.4, -0.2) is 14.5 Å². The molecular formula is C14H11N3O. The minimum Gasteiger partial charge on any atom is -0.295 e. The van der Waals surface area contributed by atoms with E-state index in [0.29, 0.717) is 6.54 Å². The second-order valence-electron chi connectivity index (χ2n) is 4.02. The van der Waals surface area contributed by atoms with E-state index < -0.39 is 0 Å². The van der Waals surface area contributed by atoms with E-state index in [0.717, 1.165) is 16.5 Å². The predicted molar refractivity (Wildman–Crippen MR) is 69.3 cm³/mol. The van der Waals surface area contributed by atoms with Crippen molar-refractivity contribution in [3.63, 3.8) is 0 Å². The van der Waals surface area contributed by atoms with E-state index in [4.69, 9.17) is 0 Å². The second-order valence-corrected chi connectivity index (χ2v) is 4.02. The molecule has 0 saturated heterocycles. The number of aromatic nitrogens is 3. The molecule has 0 saturated carbocycles. The first-order chi connectivity index (χ1) is 8.84. The molecule has 3 aromatic rings. The molecule has 0 N–H and O–H groups in total. The lowest BCUT2D eigenvalue weighted by atomic mass is 10.1. The number of hydrogen-bond acceptors (Lipinski definition) is 3. The van der Waals surface area contributed by atoms with Gasteiger partial charge < -0.3 is 0 Å². The lowest BCUT2D eigenvalue weighted by Crippen LogP contribution is -2.22. The van der Waals surface area contributed by atoms with Gasteiger partial charge in [0.15, 0.2) is 0 Å². The summed E-state index contributed by atoms with van der Waals surface area (Å²) in [6.07, 6.45) is 5.00. The highest BCUT2D eigenvalue weighted by Gasteiger charge is 2.03. The maximum atomic E-state index is 11.6. The third-order valence-electron chi connectivity index (χ3n) is 2.84. The zero-order chi connectivity index (χ0) is 12.4. The standard InChI is InChI=1S/C14H11N3O/c18-14-16-8-3-9-17(14)10-12-5-1-4-11-6-2-7-15-13(11)12/h1-9H,10H2. The van der Waals surface area contributed by atoms with Gasteiger partial charge in [0.1, 0.15) is 0 Å². The molecule has 18 heavy (non-hydrogen) atoms. The predicted octanol–water partition coefficient (Wildman–Crippen LogP) is 1.84. The summed E-state index contributed by atoms with van der Waals surface area (Å²) in [5, 5.41) is 1.08. The maximum absolute atomic E-state index is 11.6. The largest absolute Gasteiger partial charge is 0.347 e. The Kier molecular flexibility index (Phi) is 2.61. The molecule has 0 aliphatic carbocycles. The zero-order valence-corrected chi connectivity index (χ0v) is 9.65. The molecule has 0 bridgehead atoms. The second kappa shape index (κ2) is 4.41. The first-order valence-electron chi connectivity index (χ1n) is 5.69. The Hall–Kier alpha value is -2.49. The monoisotopic (exact) mass is 237 g/mol. The van der Waals surface area contributed by atoms with Crippen LogP contribution >= 0.6 is 0 Å². The van der Waals surface area contributed by atoms with Crippen molar-refractivity contribution < 1.29 is 0 Å².